The molecule has 0 spiro atoms. The van der Waals surface area contributed by atoms with Crippen LogP contribution in [0.4, 0.5) is 0 Å². The molecule has 1 rings (SSSR count). The van der Waals surface area contributed by atoms with E-state index in [1.807, 2.05) is 0 Å². The molecule has 0 saturated heterocycles. The summed E-state index contributed by atoms with van der Waals surface area (Å²) < 4.78 is 0. The molecule has 0 aromatic carbocycles. The molecule has 3 heteroatoms. The van der Waals surface area contributed by atoms with Crippen molar-refractivity contribution in [1.29, 1.82) is 0 Å². The van der Waals surface area contributed by atoms with Crippen molar-refractivity contribution in [2.45, 2.75) is 25.7 Å². The van der Waals surface area contributed by atoms with Gasteiger partial charge in [0.25, 0.3) is 0 Å². The summed E-state index contributed by atoms with van der Waals surface area (Å²) in [6, 6.07) is 0. The Balaban J connectivity index is 2.16. The van der Waals surface area contributed by atoms with Crippen LogP contribution in [0.3, 0.4) is 0 Å². The highest BCUT2D eigenvalue weighted by atomic mass is 15.1. The summed E-state index contributed by atoms with van der Waals surface area (Å²) >= 11 is 0. The first kappa shape index (κ1) is 8.15. The van der Waals surface area contributed by atoms with E-state index in [2.05, 4.69) is 22.2 Å². The SMILES string of the molecule is [N-]=[N+]=NCCC1CC=CCC1. The molecule has 0 fully saturated rings. The normalized spacial score (nSPS) is 22.7. The van der Waals surface area contributed by atoms with Crippen molar-refractivity contribution in [2.75, 3.05) is 6.54 Å². The minimum Gasteiger partial charge on any atom is -0.0940 e. The zero-order chi connectivity index (χ0) is 7.94. The molecule has 1 unspecified atom stereocenters. The minimum absolute atomic E-state index is 0.662. The highest BCUT2D eigenvalue weighted by Gasteiger charge is 2.07. The summed E-state index contributed by atoms with van der Waals surface area (Å²) in [5.41, 5.74) is 8.04. The van der Waals surface area contributed by atoms with E-state index < -0.39 is 0 Å². The molecule has 0 aromatic heterocycles. The Hall–Kier alpha value is -0.950. The minimum atomic E-state index is 0.662. The van der Waals surface area contributed by atoms with Gasteiger partial charge in [0.2, 0.25) is 0 Å². The monoisotopic (exact) mass is 151 g/mol. The van der Waals surface area contributed by atoms with E-state index in [4.69, 9.17) is 5.53 Å². The predicted octanol–water partition coefficient (Wildman–Crippen LogP) is 3.04. The summed E-state index contributed by atoms with van der Waals surface area (Å²) in [6.45, 7) is 0.662. The van der Waals surface area contributed by atoms with E-state index in [1.54, 1.807) is 0 Å². The molecule has 0 N–H and O–H groups in total. The fourth-order valence-electron chi connectivity index (χ4n) is 1.40. The lowest BCUT2D eigenvalue weighted by Gasteiger charge is -2.15. The molecular formula is C8H13N3. The van der Waals surface area contributed by atoms with Gasteiger partial charge in [0.05, 0.1) is 0 Å². The van der Waals surface area contributed by atoms with Crippen molar-refractivity contribution < 1.29 is 0 Å². The van der Waals surface area contributed by atoms with Crippen molar-refractivity contribution in [2.24, 2.45) is 11.0 Å². The lowest BCUT2D eigenvalue weighted by Crippen LogP contribution is -2.03. The van der Waals surface area contributed by atoms with Crippen LogP contribution in [0.15, 0.2) is 17.3 Å². The highest BCUT2D eigenvalue weighted by molar-refractivity contribution is 4.89. The largest absolute Gasteiger partial charge is 0.0940 e. The van der Waals surface area contributed by atoms with Crippen LogP contribution in [0.1, 0.15) is 25.7 Å². The molecule has 0 bridgehead atoms. The van der Waals surface area contributed by atoms with Crippen LogP contribution >= 0.6 is 0 Å². The van der Waals surface area contributed by atoms with E-state index in [9.17, 15) is 0 Å². The van der Waals surface area contributed by atoms with Gasteiger partial charge in [0.1, 0.15) is 0 Å². The third-order valence-electron chi connectivity index (χ3n) is 2.08. The highest BCUT2D eigenvalue weighted by Crippen LogP contribution is 2.20. The molecule has 0 saturated carbocycles. The van der Waals surface area contributed by atoms with Crippen LogP contribution in [0, 0.1) is 5.92 Å². The lowest BCUT2D eigenvalue weighted by molar-refractivity contribution is 0.451. The Kier molecular flexibility index (Phi) is 3.56. The summed E-state index contributed by atoms with van der Waals surface area (Å²) in [6.07, 6.45) is 9.13. The van der Waals surface area contributed by atoms with Gasteiger partial charge >= 0.3 is 0 Å². The van der Waals surface area contributed by atoms with Crippen molar-refractivity contribution in [1.82, 2.24) is 0 Å². The average Bonchev–Trinajstić information content (AvgIpc) is 2.07. The third kappa shape index (κ3) is 3.10. The Bertz CT molecular complexity index is 180. The molecule has 0 heterocycles. The Morgan fingerprint density at radius 3 is 3.09 bits per heavy atom. The number of rotatable bonds is 3. The fraction of sp³-hybridized carbons (Fsp3) is 0.750. The quantitative estimate of drug-likeness (QED) is 0.257. The average molecular weight is 151 g/mol. The molecule has 1 aliphatic carbocycles. The van der Waals surface area contributed by atoms with E-state index in [0.717, 1.165) is 12.3 Å². The van der Waals surface area contributed by atoms with Gasteiger partial charge in [-0.3, -0.25) is 0 Å². The predicted molar refractivity (Wildman–Crippen MR) is 45.1 cm³/mol. The topological polar surface area (TPSA) is 48.8 Å². The second-order valence-corrected chi connectivity index (χ2v) is 2.89. The zero-order valence-electron chi connectivity index (χ0n) is 6.61. The Labute approximate surface area is 66.7 Å². The second kappa shape index (κ2) is 4.80. The Morgan fingerprint density at radius 2 is 2.45 bits per heavy atom. The molecule has 0 aliphatic heterocycles. The van der Waals surface area contributed by atoms with Crippen molar-refractivity contribution in [3.63, 3.8) is 0 Å². The second-order valence-electron chi connectivity index (χ2n) is 2.89. The third-order valence-corrected chi connectivity index (χ3v) is 2.08. The van der Waals surface area contributed by atoms with Crippen molar-refractivity contribution in [3.8, 4) is 0 Å². The number of allylic oxidation sites excluding steroid dienone is 2. The van der Waals surface area contributed by atoms with Gasteiger partial charge in [-0.1, -0.05) is 17.3 Å². The number of nitrogens with zero attached hydrogens (tertiary/aromatic N) is 3. The van der Waals surface area contributed by atoms with Crippen LogP contribution in [-0.2, 0) is 0 Å². The fourth-order valence-corrected chi connectivity index (χ4v) is 1.40. The van der Waals surface area contributed by atoms with Crippen molar-refractivity contribution >= 4 is 0 Å². The smallest absolute Gasteiger partial charge is 0.0260 e. The lowest BCUT2D eigenvalue weighted by atomic mass is 9.92. The molecule has 0 aromatic rings. The first-order valence-electron chi connectivity index (χ1n) is 4.09. The molecule has 1 aliphatic rings. The van der Waals surface area contributed by atoms with Crippen LogP contribution in [0.2, 0.25) is 0 Å². The molecular weight excluding hydrogens is 138 g/mol. The first-order valence-corrected chi connectivity index (χ1v) is 4.09. The van der Waals surface area contributed by atoms with Gasteiger partial charge < -0.3 is 0 Å². The first-order chi connectivity index (χ1) is 5.43. The van der Waals surface area contributed by atoms with Gasteiger partial charge in [0.15, 0.2) is 0 Å². The van der Waals surface area contributed by atoms with E-state index in [-0.39, 0.29) is 0 Å². The maximum absolute atomic E-state index is 8.04. The maximum atomic E-state index is 8.04. The molecule has 0 radical (unpaired) electrons. The number of hydrogen-bond acceptors (Lipinski definition) is 1. The number of azide groups is 1. The van der Waals surface area contributed by atoms with Crippen LogP contribution in [0.5, 0.6) is 0 Å². The van der Waals surface area contributed by atoms with Crippen LogP contribution in [0.25, 0.3) is 10.4 Å². The van der Waals surface area contributed by atoms with Crippen LogP contribution < -0.4 is 0 Å². The molecule has 0 amide bonds. The van der Waals surface area contributed by atoms with Gasteiger partial charge in [-0.2, -0.15) is 0 Å². The molecule has 3 nitrogen and oxygen atoms in total. The van der Waals surface area contributed by atoms with E-state index >= 15 is 0 Å². The molecule has 1 atom stereocenters. The molecule has 60 valence electrons. The summed E-state index contributed by atoms with van der Waals surface area (Å²) in [5, 5.41) is 3.52. The summed E-state index contributed by atoms with van der Waals surface area (Å²) in [7, 11) is 0. The molecule has 11 heavy (non-hydrogen) atoms. The van der Waals surface area contributed by atoms with E-state index in [1.165, 1.54) is 19.3 Å². The summed E-state index contributed by atoms with van der Waals surface area (Å²) in [4.78, 5) is 2.73. The number of hydrogen-bond donors (Lipinski definition) is 0. The Morgan fingerprint density at radius 1 is 1.55 bits per heavy atom. The van der Waals surface area contributed by atoms with Gasteiger partial charge in [-0.15, -0.1) is 0 Å². The maximum Gasteiger partial charge on any atom is 0.0260 e. The van der Waals surface area contributed by atoms with Crippen molar-refractivity contribution in [3.05, 3.63) is 22.6 Å². The van der Waals surface area contributed by atoms with Crippen LogP contribution in [-0.4, -0.2) is 6.54 Å². The van der Waals surface area contributed by atoms with Gasteiger partial charge in [0, 0.05) is 11.5 Å². The van der Waals surface area contributed by atoms with Gasteiger partial charge in [-0.25, -0.2) is 0 Å². The zero-order valence-corrected chi connectivity index (χ0v) is 6.61. The summed E-state index contributed by atoms with van der Waals surface area (Å²) in [5.74, 6) is 0.755. The van der Waals surface area contributed by atoms with Gasteiger partial charge in [-0.05, 0) is 37.1 Å². The standard InChI is InChI=1S/C8H13N3/c9-11-10-7-6-8-4-2-1-3-5-8/h1-2,8H,3-7H2. The van der Waals surface area contributed by atoms with E-state index in [0.29, 0.717) is 6.54 Å².